The van der Waals surface area contributed by atoms with Gasteiger partial charge < -0.3 is 24.0 Å². The summed E-state index contributed by atoms with van der Waals surface area (Å²) in [5, 5.41) is 0. The normalized spacial score (nSPS) is 24.3. The number of likely N-dealkylation sites (tertiary alicyclic amines) is 1. The summed E-state index contributed by atoms with van der Waals surface area (Å²) in [6.45, 7) is 4.21. The lowest BCUT2D eigenvalue weighted by Crippen LogP contribution is -2.66. The predicted octanol–water partition coefficient (Wildman–Crippen LogP) is 1.64. The molecule has 0 radical (unpaired) electrons. The standard InChI is InChI=1S/C19H26N2O4/c1-20(2)10-14-6-7-19(25-11-14)12-21(13-19)18(22)15-4-3-5-16-17(15)24-9-8-23-16/h3-5,14H,6-13H2,1-2H3. The molecule has 0 saturated carbocycles. The van der Waals surface area contributed by atoms with Gasteiger partial charge in [-0.25, -0.2) is 0 Å². The fraction of sp³-hybridized carbons (Fsp3) is 0.632. The minimum Gasteiger partial charge on any atom is -0.486 e. The van der Waals surface area contributed by atoms with Gasteiger partial charge in [0.25, 0.3) is 5.91 Å². The molecule has 1 unspecified atom stereocenters. The minimum atomic E-state index is -0.134. The molecule has 1 spiro atoms. The van der Waals surface area contributed by atoms with Gasteiger partial charge in [-0.15, -0.1) is 0 Å². The van der Waals surface area contributed by atoms with Crippen LogP contribution in [0.5, 0.6) is 11.5 Å². The molecule has 25 heavy (non-hydrogen) atoms. The summed E-state index contributed by atoms with van der Waals surface area (Å²) in [4.78, 5) is 16.9. The largest absolute Gasteiger partial charge is 0.486 e. The first kappa shape index (κ1) is 16.7. The molecule has 6 heteroatoms. The lowest BCUT2D eigenvalue weighted by molar-refractivity contribution is -0.168. The molecule has 3 aliphatic heterocycles. The molecule has 0 bridgehead atoms. The highest BCUT2D eigenvalue weighted by Gasteiger charge is 2.49. The van der Waals surface area contributed by atoms with Gasteiger partial charge in [-0.1, -0.05) is 6.07 Å². The van der Waals surface area contributed by atoms with Crippen LogP contribution in [0.1, 0.15) is 23.2 Å². The summed E-state index contributed by atoms with van der Waals surface area (Å²) in [5.74, 6) is 1.84. The number of nitrogens with zero attached hydrogens (tertiary/aromatic N) is 2. The summed E-state index contributed by atoms with van der Waals surface area (Å²) < 4.78 is 17.4. The fourth-order valence-electron chi connectivity index (χ4n) is 4.03. The van der Waals surface area contributed by atoms with Gasteiger partial charge in [0.2, 0.25) is 0 Å². The number of amides is 1. The second-order valence-electron chi connectivity index (χ2n) is 7.65. The monoisotopic (exact) mass is 346 g/mol. The minimum absolute atomic E-state index is 0.00647. The third kappa shape index (κ3) is 3.20. The predicted molar refractivity (Wildman–Crippen MR) is 93.3 cm³/mol. The molecule has 6 nitrogen and oxygen atoms in total. The van der Waals surface area contributed by atoms with Crippen molar-refractivity contribution in [3.05, 3.63) is 23.8 Å². The van der Waals surface area contributed by atoms with E-state index in [-0.39, 0.29) is 11.5 Å². The van der Waals surface area contributed by atoms with Crippen molar-refractivity contribution in [3.63, 3.8) is 0 Å². The van der Waals surface area contributed by atoms with Crippen LogP contribution in [0.25, 0.3) is 0 Å². The van der Waals surface area contributed by atoms with Crippen LogP contribution in [0.2, 0.25) is 0 Å². The van der Waals surface area contributed by atoms with Crippen LogP contribution in [-0.2, 0) is 4.74 Å². The van der Waals surface area contributed by atoms with Crippen molar-refractivity contribution in [3.8, 4) is 11.5 Å². The highest BCUT2D eigenvalue weighted by molar-refractivity contribution is 5.98. The van der Waals surface area contributed by atoms with Crippen molar-refractivity contribution in [2.45, 2.75) is 18.4 Å². The SMILES string of the molecule is CN(C)CC1CCC2(CN(C(=O)c3cccc4c3OCCO4)C2)OC1. The maximum Gasteiger partial charge on any atom is 0.257 e. The maximum absolute atomic E-state index is 12.9. The van der Waals surface area contributed by atoms with Crippen LogP contribution in [0.15, 0.2) is 18.2 Å². The highest BCUT2D eigenvalue weighted by atomic mass is 16.6. The Morgan fingerprint density at radius 2 is 2.08 bits per heavy atom. The van der Waals surface area contributed by atoms with E-state index in [9.17, 15) is 4.79 Å². The number of carbonyl (C=O) groups is 1. The topological polar surface area (TPSA) is 51.2 Å². The third-order valence-electron chi connectivity index (χ3n) is 5.30. The molecule has 2 fully saturated rings. The van der Waals surface area contributed by atoms with E-state index in [1.54, 1.807) is 0 Å². The highest BCUT2D eigenvalue weighted by Crippen LogP contribution is 2.39. The van der Waals surface area contributed by atoms with E-state index in [0.717, 1.165) is 26.0 Å². The van der Waals surface area contributed by atoms with Gasteiger partial charge in [-0.05, 0) is 45.0 Å². The maximum atomic E-state index is 12.9. The van der Waals surface area contributed by atoms with Crippen molar-refractivity contribution in [2.75, 3.05) is 53.6 Å². The summed E-state index contributed by atoms with van der Waals surface area (Å²) in [5.41, 5.74) is 0.457. The molecular formula is C19H26N2O4. The summed E-state index contributed by atoms with van der Waals surface area (Å²) in [6.07, 6.45) is 2.19. The Balaban J connectivity index is 1.38. The first-order chi connectivity index (χ1) is 12.1. The third-order valence-corrected chi connectivity index (χ3v) is 5.30. The van der Waals surface area contributed by atoms with Crippen molar-refractivity contribution < 1.29 is 19.0 Å². The molecule has 3 aliphatic rings. The van der Waals surface area contributed by atoms with Gasteiger partial charge in [0, 0.05) is 6.54 Å². The number of benzene rings is 1. The lowest BCUT2D eigenvalue weighted by Gasteiger charge is -2.53. The number of carbonyl (C=O) groups excluding carboxylic acids is 1. The van der Waals surface area contributed by atoms with Crippen LogP contribution >= 0.6 is 0 Å². The number of fused-ring (bicyclic) bond motifs is 1. The molecule has 1 atom stereocenters. The number of hydrogen-bond donors (Lipinski definition) is 0. The molecule has 2 saturated heterocycles. The zero-order valence-corrected chi connectivity index (χ0v) is 15.0. The average Bonchev–Trinajstić information content (AvgIpc) is 2.59. The number of hydrogen-bond acceptors (Lipinski definition) is 5. The van der Waals surface area contributed by atoms with Crippen LogP contribution in [0.3, 0.4) is 0 Å². The quantitative estimate of drug-likeness (QED) is 0.833. The van der Waals surface area contributed by atoms with Crippen LogP contribution in [0.4, 0.5) is 0 Å². The Kier molecular flexibility index (Phi) is 4.33. The molecule has 0 N–H and O–H groups in total. The molecule has 3 heterocycles. The zero-order chi connectivity index (χ0) is 17.4. The van der Waals surface area contributed by atoms with Crippen LogP contribution in [0, 0.1) is 5.92 Å². The van der Waals surface area contributed by atoms with Gasteiger partial charge in [0.1, 0.15) is 18.8 Å². The second-order valence-corrected chi connectivity index (χ2v) is 7.65. The Morgan fingerprint density at radius 3 is 2.80 bits per heavy atom. The molecular weight excluding hydrogens is 320 g/mol. The van der Waals surface area contributed by atoms with E-state index >= 15 is 0 Å². The van der Waals surface area contributed by atoms with Gasteiger partial charge in [-0.2, -0.15) is 0 Å². The number of ether oxygens (including phenoxy) is 3. The van der Waals surface area contributed by atoms with E-state index in [1.807, 2.05) is 23.1 Å². The van der Waals surface area contributed by atoms with E-state index in [2.05, 4.69) is 19.0 Å². The van der Waals surface area contributed by atoms with Crippen LogP contribution in [-0.4, -0.2) is 74.9 Å². The number of rotatable bonds is 3. The van der Waals surface area contributed by atoms with E-state index in [0.29, 0.717) is 49.3 Å². The summed E-state index contributed by atoms with van der Waals surface area (Å²) in [7, 11) is 4.20. The second kappa shape index (κ2) is 6.50. The van der Waals surface area contributed by atoms with E-state index in [4.69, 9.17) is 14.2 Å². The Labute approximate surface area is 148 Å². The van der Waals surface area contributed by atoms with E-state index in [1.165, 1.54) is 0 Å². The van der Waals surface area contributed by atoms with Gasteiger partial charge >= 0.3 is 0 Å². The van der Waals surface area contributed by atoms with Crippen LogP contribution < -0.4 is 9.47 Å². The first-order valence-corrected chi connectivity index (χ1v) is 9.03. The number of para-hydroxylation sites is 1. The Bertz CT molecular complexity index is 645. The fourth-order valence-corrected chi connectivity index (χ4v) is 4.03. The molecule has 1 aromatic rings. The molecule has 4 rings (SSSR count). The van der Waals surface area contributed by atoms with Crippen molar-refractivity contribution in [1.82, 2.24) is 9.80 Å². The Hall–Kier alpha value is -1.79. The van der Waals surface area contributed by atoms with Gasteiger partial charge in [0.05, 0.1) is 25.3 Å². The van der Waals surface area contributed by atoms with Gasteiger partial charge in [0.15, 0.2) is 11.5 Å². The summed E-state index contributed by atoms with van der Waals surface area (Å²) in [6, 6.07) is 5.51. The smallest absolute Gasteiger partial charge is 0.257 e. The van der Waals surface area contributed by atoms with Crippen molar-refractivity contribution in [2.24, 2.45) is 5.92 Å². The zero-order valence-electron chi connectivity index (χ0n) is 15.0. The molecule has 0 aromatic heterocycles. The molecule has 1 amide bonds. The van der Waals surface area contributed by atoms with Crippen molar-refractivity contribution >= 4 is 5.91 Å². The summed E-state index contributed by atoms with van der Waals surface area (Å²) >= 11 is 0. The first-order valence-electron chi connectivity index (χ1n) is 9.03. The molecule has 0 aliphatic carbocycles. The average molecular weight is 346 g/mol. The Morgan fingerprint density at radius 1 is 1.28 bits per heavy atom. The molecule has 1 aromatic carbocycles. The van der Waals surface area contributed by atoms with Crippen molar-refractivity contribution in [1.29, 1.82) is 0 Å². The van der Waals surface area contributed by atoms with Gasteiger partial charge in [-0.3, -0.25) is 4.79 Å². The lowest BCUT2D eigenvalue weighted by atomic mass is 9.82. The molecule has 136 valence electrons. The van der Waals surface area contributed by atoms with E-state index < -0.39 is 0 Å².